The summed E-state index contributed by atoms with van der Waals surface area (Å²) in [6.07, 6.45) is 12.5. The van der Waals surface area contributed by atoms with Gasteiger partial charge in [0.2, 0.25) is 5.91 Å². The zero-order chi connectivity index (χ0) is 15.2. The lowest BCUT2D eigenvalue weighted by molar-refractivity contribution is -0.133. The van der Waals surface area contributed by atoms with Gasteiger partial charge in [-0.15, -0.1) is 0 Å². The minimum Gasteiger partial charge on any atom is -0.342 e. The number of imidazole rings is 1. The molecular weight excluding hydrogens is 276 g/mol. The van der Waals surface area contributed by atoms with Crippen molar-refractivity contribution in [2.45, 2.75) is 45.1 Å². The van der Waals surface area contributed by atoms with Crippen molar-refractivity contribution in [2.75, 3.05) is 32.7 Å². The molecule has 0 spiro atoms. The molecule has 3 heterocycles. The summed E-state index contributed by atoms with van der Waals surface area (Å²) in [7, 11) is 0. The minimum absolute atomic E-state index is 0.356. The van der Waals surface area contributed by atoms with Gasteiger partial charge in [0.05, 0.1) is 6.33 Å². The second kappa shape index (κ2) is 7.77. The smallest absolute Gasteiger partial charge is 0.222 e. The van der Waals surface area contributed by atoms with E-state index in [0.717, 1.165) is 39.0 Å². The van der Waals surface area contributed by atoms with Crippen LogP contribution in [-0.4, -0.2) is 58.0 Å². The fraction of sp³-hybridized carbons (Fsp3) is 0.765. The molecule has 0 bridgehead atoms. The largest absolute Gasteiger partial charge is 0.342 e. The Hall–Kier alpha value is -1.36. The number of hydrogen-bond donors (Lipinski definition) is 0. The highest BCUT2D eigenvalue weighted by atomic mass is 16.2. The van der Waals surface area contributed by atoms with E-state index in [9.17, 15) is 4.79 Å². The summed E-state index contributed by atoms with van der Waals surface area (Å²) in [4.78, 5) is 21.1. The van der Waals surface area contributed by atoms with E-state index >= 15 is 0 Å². The molecule has 0 N–H and O–H groups in total. The van der Waals surface area contributed by atoms with E-state index in [4.69, 9.17) is 0 Å². The van der Waals surface area contributed by atoms with Gasteiger partial charge in [-0.25, -0.2) is 4.98 Å². The molecule has 0 radical (unpaired) electrons. The number of piperidine rings is 1. The Morgan fingerprint density at radius 1 is 1.18 bits per heavy atom. The highest BCUT2D eigenvalue weighted by Crippen LogP contribution is 2.19. The van der Waals surface area contributed by atoms with Crippen LogP contribution in [-0.2, 0) is 11.3 Å². The lowest BCUT2D eigenvalue weighted by Gasteiger charge is -2.33. The quantitative estimate of drug-likeness (QED) is 0.807. The standard InChI is InChI=1S/C17H28N4O/c22-17(6-4-10-19-8-1-2-9-19)21-11-3-5-16(14-21)13-20-12-7-18-15-20/h7,12,15-16H,1-6,8-11,13-14H2. The van der Waals surface area contributed by atoms with E-state index in [1.165, 1.54) is 32.4 Å². The molecule has 2 aliphatic heterocycles. The molecule has 5 heteroatoms. The third kappa shape index (κ3) is 4.32. The van der Waals surface area contributed by atoms with Crippen LogP contribution >= 0.6 is 0 Å². The molecule has 0 saturated carbocycles. The minimum atomic E-state index is 0.356. The number of nitrogens with zero attached hydrogens (tertiary/aromatic N) is 4. The van der Waals surface area contributed by atoms with Crippen LogP contribution < -0.4 is 0 Å². The maximum atomic E-state index is 12.4. The number of aromatic nitrogens is 2. The van der Waals surface area contributed by atoms with Crippen LogP contribution in [0.1, 0.15) is 38.5 Å². The van der Waals surface area contributed by atoms with Gasteiger partial charge in [0.15, 0.2) is 0 Å². The van der Waals surface area contributed by atoms with Crippen molar-refractivity contribution in [1.82, 2.24) is 19.4 Å². The lowest BCUT2D eigenvalue weighted by atomic mass is 9.97. The van der Waals surface area contributed by atoms with Crippen LogP contribution in [0.2, 0.25) is 0 Å². The summed E-state index contributed by atoms with van der Waals surface area (Å²) in [6.45, 7) is 6.40. The van der Waals surface area contributed by atoms with E-state index in [1.54, 1.807) is 0 Å². The monoisotopic (exact) mass is 304 g/mol. The van der Waals surface area contributed by atoms with Crippen LogP contribution in [0.3, 0.4) is 0 Å². The molecule has 2 fully saturated rings. The van der Waals surface area contributed by atoms with E-state index in [0.29, 0.717) is 18.2 Å². The molecule has 3 rings (SSSR count). The van der Waals surface area contributed by atoms with E-state index < -0.39 is 0 Å². The Bertz CT molecular complexity index is 453. The fourth-order valence-electron chi connectivity index (χ4n) is 3.75. The highest BCUT2D eigenvalue weighted by molar-refractivity contribution is 5.76. The Balaban J connectivity index is 1.39. The van der Waals surface area contributed by atoms with Crippen molar-refractivity contribution in [3.63, 3.8) is 0 Å². The number of rotatable bonds is 6. The second-order valence-corrected chi connectivity index (χ2v) is 6.76. The fourth-order valence-corrected chi connectivity index (χ4v) is 3.75. The molecule has 0 aromatic carbocycles. The summed E-state index contributed by atoms with van der Waals surface area (Å²) < 4.78 is 2.13. The third-order valence-corrected chi connectivity index (χ3v) is 4.96. The van der Waals surface area contributed by atoms with Crippen molar-refractivity contribution in [1.29, 1.82) is 0 Å². The van der Waals surface area contributed by atoms with Crippen LogP contribution in [0.25, 0.3) is 0 Å². The topological polar surface area (TPSA) is 41.4 Å². The molecule has 1 atom stereocenters. The molecule has 2 saturated heterocycles. The van der Waals surface area contributed by atoms with Crippen molar-refractivity contribution in [3.05, 3.63) is 18.7 Å². The number of hydrogen-bond acceptors (Lipinski definition) is 3. The molecule has 1 aromatic heterocycles. The van der Waals surface area contributed by atoms with Crippen molar-refractivity contribution in [3.8, 4) is 0 Å². The summed E-state index contributed by atoms with van der Waals surface area (Å²) in [5.74, 6) is 0.931. The van der Waals surface area contributed by atoms with Crippen LogP contribution in [0.4, 0.5) is 0 Å². The van der Waals surface area contributed by atoms with Gasteiger partial charge in [-0.1, -0.05) is 0 Å². The first-order valence-electron chi connectivity index (χ1n) is 8.77. The van der Waals surface area contributed by atoms with Gasteiger partial charge in [-0.05, 0) is 57.7 Å². The predicted octanol–water partition coefficient (Wildman–Crippen LogP) is 2.00. The average molecular weight is 304 g/mol. The molecule has 0 aliphatic carbocycles. The third-order valence-electron chi connectivity index (χ3n) is 4.96. The molecule has 122 valence electrons. The summed E-state index contributed by atoms with van der Waals surface area (Å²) >= 11 is 0. The molecule has 1 aromatic rings. The first-order chi connectivity index (χ1) is 10.8. The first kappa shape index (κ1) is 15.5. The highest BCUT2D eigenvalue weighted by Gasteiger charge is 2.23. The zero-order valence-corrected chi connectivity index (χ0v) is 13.5. The molecule has 1 unspecified atom stereocenters. The van der Waals surface area contributed by atoms with Crippen LogP contribution in [0.5, 0.6) is 0 Å². The maximum Gasteiger partial charge on any atom is 0.222 e. The second-order valence-electron chi connectivity index (χ2n) is 6.76. The normalized spacial score (nSPS) is 23.1. The SMILES string of the molecule is O=C(CCCN1CCCC1)N1CCCC(Cn2ccnc2)C1. The van der Waals surface area contributed by atoms with Crippen LogP contribution in [0.15, 0.2) is 18.7 Å². The average Bonchev–Trinajstić information content (AvgIpc) is 3.21. The summed E-state index contributed by atoms with van der Waals surface area (Å²) in [6, 6.07) is 0. The molecular formula is C17H28N4O. The Morgan fingerprint density at radius 2 is 2.05 bits per heavy atom. The van der Waals surface area contributed by atoms with Gasteiger partial charge < -0.3 is 14.4 Å². The van der Waals surface area contributed by atoms with Crippen LogP contribution in [0, 0.1) is 5.92 Å². The predicted molar refractivity (Wildman–Crippen MR) is 86.4 cm³/mol. The van der Waals surface area contributed by atoms with Gasteiger partial charge in [-0.2, -0.15) is 0 Å². The zero-order valence-electron chi connectivity index (χ0n) is 13.5. The van der Waals surface area contributed by atoms with Gasteiger partial charge >= 0.3 is 0 Å². The van der Waals surface area contributed by atoms with Gasteiger partial charge in [-0.3, -0.25) is 4.79 Å². The summed E-state index contributed by atoms with van der Waals surface area (Å²) in [5, 5.41) is 0. The number of carbonyl (C=O) groups excluding carboxylic acids is 1. The van der Waals surface area contributed by atoms with Gasteiger partial charge in [0.25, 0.3) is 0 Å². The summed E-state index contributed by atoms with van der Waals surface area (Å²) in [5.41, 5.74) is 0. The van der Waals surface area contributed by atoms with Crippen molar-refractivity contribution >= 4 is 5.91 Å². The molecule has 2 aliphatic rings. The Kier molecular flexibility index (Phi) is 5.48. The van der Waals surface area contributed by atoms with E-state index in [2.05, 4.69) is 19.4 Å². The van der Waals surface area contributed by atoms with E-state index in [1.807, 2.05) is 18.7 Å². The Labute approximate surface area is 133 Å². The van der Waals surface area contributed by atoms with Gasteiger partial charge in [0.1, 0.15) is 0 Å². The van der Waals surface area contributed by atoms with Gasteiger partial charge in [0, 0.05) is 38.4 Å². The van der Waals surface area contributed by atoms with Crippen molar-refractivity contribution < 1.29 is 4.79 Å². The van der Waals surface area contributed by atoms with E-state index in [-0.39, 0.29) is 0 Å². The Morgan fingerprint density at radius 3 is 2.82 bits per heavy atom. The lowest BCUT2D eigenvalue weighted by Crippen LogP contribution is -2.41. The number of amides is 1. The number of carbonyl (C=O) groups is 1. The first-order valence-corrected chi connectivity index (χ1v) is 8.77. The van der Waals surface area contributed by atoms with Crippen molar-refractivity contribution in [2.24, 2.45) is 5.92 Å². The maximum absolute atomic E-state index is 12.4. The molecule has 22 heavy (non-hydrogen) atoms. The molecule has 1 amide bonds. The molecule has 5 nitrogen and oxygen atoms in total. The number of likely N-dealkylation sites (tertiary alicyclic amines) is 2.